The molecule has 1 saturated carbocycles. The quantitative estimate of drug-likeness (QED) is 0.849. The van der Waals surface area contributed by atoms with E-state index >= 15 is 0 Å². The Hall–Kier alpha value is -1.44. The molecule has 3 aliphatic rings. The number of hydrogen-bond donors (Lipinski definition) is 1. The smallest absolute Gasteiger partial charge is 0.254 e. The third kappa shape index (κ3) is 3.17. The van der Waals surface area contributed by atoms with Gasteiger partial charge in [-0.15, -0.1) is 0 Å². The standard InChI is InChI=1S/C19H27N3O3S/c1-14-6-2-3-7-15(14)19(23)22-12-10-21(11-13-22)18-16-8-4-5-9-17(16)26(24,25)20-18/h2-3,6-7,16-18,20H,4-5,8-13H2,1H3. The van der Waals surface area contributed by atoms with Crippen molar-refractivity contribution >= 4 is 15.9 Å². The minimum Gasteiger partial charge on any atom is -0.336 e. The fourth-order valence-corrected chi connectivity index (χ4v) is 6.80. The highest BCUT2D eigenvalue weighted by Crippen LogP contribution is 2.38. The Bertz CT molecular complexity index is 787. The van der Waals surface area contributed by atoms with Gasteiger partial charge in [0.15, 0.2) is 0 Å². The minimum atomic E-state index is -3.20. The van der Waals surface area contributed by atoms with Gasteiger partial charge in [-0.3, -0.25) is 9.69 Å². The summed E-state index contributed by atoms with van der Waals surface area (Å²) in [6.45, 7) is 4.67. The van der Waals surface area contributed by atoms with Crippen molar-refractivity contribution in [2.24, 2.45) is 5.92 Å². The van der Waals surface area contributed by atoms with Crippen LogP contribution in [0.3, 0.4) is 0 Å². The lowest BCUT2D eigenvalue weighted by atomic mass is 9.86. The molecule has 7 heteroatoms. The van der Waals surface area contributed by atoms with Gasteiger partial charge in [-0.1, -0.05) is 31.0 Å². The van der Waals surface area contributed by atoms with Crippen LogP contribution in [0.4, 0.5) is 0 Å². The predicted octanol–water partition coefficient (Wildman–Crippen LogP) is 1.57. The Morgan fingerprint density at radius 2 is 1.77 bits per heavy atom. The molecule has 1 aliphatic carbocycles. The molecule has 1 N–H and O–H groups in total. The van der Waals surface area contributed by atoms with Gasteiger partial charge in [0, 0.05) is 37.7 Å². The van der Waals surface area contributed by atoms with Crippen LogP contribution in [0.25, 0.3) is 0 Å². The zero-order valence-electron chi connectivity index (χ0n) is 15.2. The molecule has 6 nitrogen and oxygen atoms in total. The molecule has 1 aromatic carbocycles. The van der Waals surface area contributed by atoms with Crippen LogP contribution in [-0.4, -0.2) is 61.7 Å². The molecule has 1 aromatic rings. The number of nitrogens with one attached hydrogen (secondary N) is 1. The molecule has 0 spiro atoms. The molecule has 1 amide bonds. The van der Waals surface area contributed by atoms with E-state index in [-0.39, 0.29) is 23.2 Å². The molecule has 4 rings (SSSR count). The van der Waals surface area contributed by atoms with E-state index < -0.39 is 10.0 Å². The average molecular weight is 378 g/mol. The Kier molecular flexibility index (Phi) is 4.79. The zero-order chi connectivity index (χ0) is 18.3. The van der Waals surface area contributed by atoms with Gasteiger partial charge in [0.2, 0.25) is 10.0 Å². The van der Waals surface area contributed by atoms with Gasteiger partial charge in [0.05, 0.1) is 11.4 Å². The number of nitrogens with zero attached hydrogens (tertiary/aromatic N) is 2. The van der Waals surface area contributed by atoms with Crippen molar-refractivity contribution in [3.63, 3.8) is 0 Å². The summed E-state index contributed by atoms with van der Waals surface area (Å²) >= 11 is 0. The molecule has 2 aliphatic heterocycles. The summed E-state index contributed by atoms with van der Waals surface area (Å²) in [6.07, 6.45) is 3.78. The van der Waals surface area contributed by atoms with Crippen molar-refractivity contribution in [3.8, 4) is 0 Å². The summed E-state index contributed by atoms with van der Waals surface area (Å²) < 4.78 is 27.8. The summed E-state index contributed by atoms with van der Waals surface area (Å²) in [7, 11) is -3.20. The number of rotatable bonds is 2. The van der Waals surface area contributed by atoms with Crippen LogP contribution < -0.4 is 4.72 Å². The van der Waals surface area contributed by atoms with Gasteiger partial charge >= 0.3 is 0 Å². The number of benzene rings is 1. The molecule has 2 saturated heterocycles. The van der Waals surface area contributed by atoms with Crippen molar-refractivity contribution < 1.29 is 13.2 Å². The van der Waals surface area contributed by atoms with E-state index in [9.17, 15) is 13.2 Å². The minimum absolute atomic E-state index is 0.0743. The fraction of sp³-hybridized carbons (Fsp3) is 0.632. The third-order valence-corrected chi connectivity index (χ3v) is 8.17. The molecule has 3 unspecified atom stereocenters. The van der Waals surface area contributed by atoms with Gasteiger partial charge in [-0.05, 0) is 31.4 Å². The molecule has 26 heavy (non-hydrogen) atoms. The van der Waals surface area contributed by atoms with E-state index in [1.807, 2.05) is 36.1 Å². The molecular formula is C19H27N3O3S. The maximum absolute atomic E-state index is 12.8. The fourth-order valence-electron chi connectivity index (χ4n) is 4.75. The molecule has 3 fully saturated rings. The second kappa shape index (κ2) is 6.94. The van der Waals surface area contributed by atoms with Crippen LogP contribution in [0.2, 0.25) is 0 Å². The first-order valence-electron chi connectivity index (χ1n) is 9.57. The van der Waals surface area contributed by atoms with E-state index in [0.717, 1.165) is 36.8 Å². The predicted molar refractivity (Wildman–Crippen MR) is 100 cm³/mol. The van der Waals surface area contributed by atoms with Crippen molar-refractivity contribution in [2.45, 2.75) is 44.0 Å². The van der Waals surface area contributed by atoms with E-state index in [2.05, 4.69) is 9.62 Å². The summed E-state index contributed by atoms with van der Waals surface area (Å²) in [4.78, 5) is 16.9. The summed E-state index contributed by atoms with van der Waals surface area (Å²) in [5.41, 5.74) is 1.75. The van der Waals surface area contributed by atoms with Crippen molar-refractivity contribution in [2.75, 3.05) is 26.2 Å². The van der Waals surface area contributed by atoms with Crippen LogP contribution in [0.5, 0.6) is 0 Å². The number of carbonyl (C=O) groups excluding carboxylic acids is 1. The van der Waals surface area contributed by atoms with Crippen LogP contribution in [0.1, 0.15) is 41.6 Å². The van der Waals surface area contributed by atoms with Crippen molar-refractivity contribution in [3.05, 3.63) is 35.4 Å². The van der Waals surface area contributed by atoms with E-state index in [1.54, 1.807) is 0 Å². The molecule has 0 radical (unpaired) electrons. The van der Waals surface area contributed by atoms with E-state index in [0.29, 0.717) is 26.2 Å². The molecular weight excluding hydrogens is 350 g/mol. The maximum atomic E-state index is 12.8. The van der Waals surface area contributed by atoms with E-state index in [1.165, 1.54) is 0 Å². The van der Waals surface area contributed by atoms with Gasteiger partial charge in [-0.25, -0.2) is 8.42 Å². The van der Waals surface area contributed by atoms with Crippen molar-refractivity contribution in [1.82, 2.24) is 14.5 Å². The first kappa shape index (κ1) is 17.9. The lowest BCUT2D eigenvalue weighted by molar-refractivity contribution is 0.0462. The Labute approximate surface area is 155 Å². The first-order chi connectivity index (χ1) is 12.5. The van der Waals surface area contributed by atoms with Gasteiger partial charge < -0.3 is 4.90 Å². The molecule has 3 atom stereocenters. The molecule has 142 valence electrons. The molecule has 2 heterocycles. The zero-order valence-corrected chi connectivity index (χ0v) is 16.0. The number of piperazine rings is 1. The Morgan fingerprint density at radius 3 is 2.50 bits per heavy atom. The maximum Gasteiger partial charge on any atom is 0.254 e. The lowest BCUT2D eigenvalue weighted by Gasteiger charge is -2.40. The van der Waals surface area contributed by atoms with Gasteiger partial charge in [0.25, 0.3) is 5.91 Å². The van der Waals surface area contributed by atoms with Crippen LogP contribution >= 0.6 is 0 Å². The Morgan fingerprint density at radius 1 is 1.08 bits per heavy atom. The number of fused-ring (bicyclic) bond motifs is 1. The van der Waals surface area contributed by atoms with Crippen LogP contribution in [0.15, 0.2) is 24.3 Å². The SMILES string of the molecule is Cc1ccccc1C(=O)N1CCN(C2NS(=O)(=O)C3CCCCC23)CC1. The topological polar surface area (TPSA) is 69.7 Å². The summed E-state index contributed by atoms with van der Waals surface area (Å²) in [5, 5.41) is -0.229. The number of carbonyl (C=O) groups is 1. The second-order valence-electron chi connectivity index (χ2n) is 7.74. The van der Waals surface area contributed by atoms with Crippen molar-refractivity contribution in [1.29, 1.82) is 0 Å². The molecule has 0 aromatic heterocycles. The number of hydrogen-bond acceptors (Lipinski definition) is 4. The highest BCUT2D eigenvalue weighted by atomic mass is 32.2. The molecule has 0 bridgehead atoms. The average Bonchev–Trinajstić information content (AvgIpc) is 2.93. The monoisotopic (exact) mass is 377 g/mol. The van der Waals surface area contributed by atoms with Crippen LogP contribution in [-0.2, 0) is 10.0 Å². The number of aryl methyl sites for hydroxylation is 1. The van der Waals surface area contributed by atoms with Gasteiger partial charge in [-0.2, -0.15) is 4.72 Å². The third-order valence-electron chi connectivity index (χ3n) is 6.21. The summed E-state index contributed by atoms with van der Waals surface area (Å²) in [6, 6.07) is 7.67. The Balaban J connectivity index is 1.42. The number of sulfonamides is 1. The summed E-state index contributed by atoms with van der Waals surface area (Å²) in [5.74, 6) is 0.262. The van der Waals surface area contributed by atoms with E-state index in [4.69, 9.17) is 0 Å². The lowest BCUT2D eigenvalue weighted by Crippen LogP contribution is -2.56. The highest BCUT2D eigenvalue weighted by Gasteiger charge is 2.49. The largest absolute Gasteiger partial charge is 0.336 e. The highest BCUT2D eigenvalue weighted by molar-refractivity contribution is 7.90. The normalized spacial score (nSPS) is 31.6. The van der Waals surface area contributed by atoms with Crippen LogP contribution in [0, 0.1) is 12.8 Å². The number of amides is 1. The van der Waals surface area contributed by atoms with Gasteiger partial charge in [0.1, 0.15) is 0 Å². The second-order valence-corrected chi connectivity index (χ2v) is 9.67. The first-order valence-corrected chi connectivity index (χ1v) is 11.1.